The highest BCUT2D eigenvalue weighted by molar-refractivity contribution is 7.14. The van der Waals surface area contributed by atoms with Gasteiger partial charge < -0.3 is 4.74 Å². The molecule has 19 heavy (non-hydrogen) atoms. The van der Waals surface area contributed by atoms with Crippen molar-refractivity contribution in [2.45, 2.75) is 0 Å². The molecule has 0 bridgehead atoms. The van der Waals surface area contributed by atoms with Gasteiger partial charge in [0.05, 0.1) is 10.1 Å². The first kappa shape index (κ1) is 11.7. The number of hydrogen-bond donors (Lipinski definition) is 0. The lowest BCUT2D eigenvalue weighted by Gasteiger charge is -2.01. The van der Waals surface area contributed by atoms with E-state index < -0.39 is 6.09 Å². The van der Waals surface area contributed by atoms with Crippen LogP contribution in [-0.4, -0.2) is 10.0 Å². The number of para-hydroxylation sites is 1. The minimum absolute atomic E-state index is 0.346. The van der Waals surface area contributed by atoms with E-state index in [0.717, 1.165) is 20.2 Å². The van der Waals surface area contributed by atoms with Gasteiger partial charge in [0.25, 0.3) is 5.56 Å². The van der Waals surface area contributed by atoms with Crippen molar-refractivity contribution in [2.24, 2.45) is 0 Å². The molecule has 0 N–H and O–H groups in total. The van der Waals surface area contributed by atoms with Crippen LogP contribution >= 0.6 is 11.5 Å². The molecule has 5 heteroatoms. The number of aromatic nitrogens is 1. The molecule has 0 aliphatic carbocycles. The van der Waals surface area contributed by atoms with Crippen molar-refractivity contribution in [3.8, 4) is 5.75 Å². The third-order valence-corrected chi connectivity index (χ3v) is 3.66. The minimum Gasteiger partial charge on any atom is -0.409 e. The van der Waals surface area contributed by atoms with E-state index in [4.69, 9.17) is 4.74 Å². The Morgan fingerprint density at radius 1 is 1.00 bits per heavy atom. The SMILES string of the molecule is O=C(Oc1ccccc1)n1sc2ccccc2c1=O. The molecule has 0 spiro atoms. The standard InChI is InChI=1S/C14H9NO3S/c16-13-11-8-4-5-9-12(11)19-15(13)14(17)18-10-6-2-1-3-7-10/h1-9H. The van der Waals surface area contributed by atoms with Gasteiger partial charge >= 0.3 is 6.09 Å². The quantitative estimate of drug-likeness (QED) is 0.683. The molecule has 0 radical (unpaired) electrons. The lowest BCUT2D eigenvalue weighted by Crippen LogP contribution is -2.24. The zero-order valence-corrected chi connectivity index (χ0v) is 10.6. The van der Waals surface area contributed by atoms with Crippen LogP contribution in [0.25, 0.3) is 10.1 Å². The molecule has 4 nitrogen and oxygen atoms in total. The smallest absolute Gasteiger partial charge is 0.409 e. The monoisotopic (exact) mass is 271 g/mol. The highest BCUT2D eigenvalue weighted by Gasteiger charge is 2.15. The van der Waals surface area contributed by atoms with Crippen molar-refractivity contribution in [3.63, 3.8) is 0 Å². The van der Waals surface area contributed by atoms with E-state index in [2.05, 4.69) is 0 Å². The van der Waals surface area contributed by atoms with Gasteiger partial charge in [-0.05, 0) is 35.8 Å². The summed E-state index contributed by atoms with van der Waals surface area (Å²) in [6.45, 7) is 0. The predicted octanol–water partition coefficient (Wildman–Crippen LogP) is 3.11. The Labute approximate surface area is 112 Å². The molecule has 3 aromatic rings. The molecule has 1 heterocycles. The summed E-state index contributed by atoms with van der Waals surface area (Å²) in [7, 11) is 0. The largest absolute Gasteiger partial charge is 0.436 e. The molecule has 0 saturated heterocycles. The molecule has 2 aromatic carbocycles. The minimum atomic E-state index is -0.683. The summed E-state index contributed by atoms with van der Waals surface area (Å²) in [5, 5.41) is 0.525. The number of hydrogen-bond acceptors (Lipinski definition) is 4. The van der Waals surface area contributed by atoms with Gasteiger partial charge in [0, 0.05) is 0 Å². The van der Waals surface area contributed by atoms with Crippen LogP contribution in [0, 0.1) is 0 Å². The first-order valence-corrected chi connectivity index (χ1v) is 6.41. The van der Waals surface area contributed by atoms with Crippen molar-refractivity contribution in [3.05, 3.63) is 65.0 Å². The summed E-state index contributed by atoms with van der Waals surface area (Å²) in [6, 6.07) is 15.8. The third kappa shape index (κ3) is 2.15. The number of rotatable bonds is 1. The lowest BCUT2D eigenvalue weighted by molar-refractivity contribution is 0.204. The Bertz CT molecular complexity index is 789. The summed E-state index contributed by atoms with van der Waals surface area (Å²) >= 11 is 1.08. The highest BCUT2D eigenvalue weighted by atomic mass is 32.1. The van der Waals surface area contributed by atoms with Crippen molar-refractivity contribution in [2.75, 3.05) is 0 Å². The van der Waals surface area contributed by atoms with E-state index in [1.54, 1.807) is 42.5 Å². The van der Waals surface area contributed by atoms with Crippen LogP contribution in [0.1, 0.15) is 0 Å². The lowest BCUT2D eigenvalue weighted by atomic mass is 10.3. The first-order valence-electron chi connectivity index (χ1n) is 5.64. The van der Waals surface area contributed by atoms with E-state index >= 15 is 0 Å². The van der Waals surface area contributed by atoms with Gasteiger partial charge in [-0.2, -0.15) is 3.96 Å². The van der Waals surface area contributed by atoms with E-state index in [0.29, 0.717) is 11.1 Å². The van der Waals surface area contributed by atoms with Crippen LogP contribution in [0.15, 0.2) is 59.4 Å². The van der Waals surface area contributed by atoms with E-state index in [-0.39, 0.29) is 5.56 Å². The summed E-state index contributed by atoms with van der Waals surface area (Å²) in [4.78, 5) is 24.0. The second-order valence-electron chi connectivity index (χ2n) is 3.87. The fourth-order valence-electron chi connectivity index (χ4n) is 1.72. The number of carbonyl (C=O) groups is 1. The van der Waals surface area contributed by atoms with Crippen molar-refractivity contribution >= 4 is 27.7 Å². The highest BCUT2D eigenvalue weighted by Crippen LogP contribution is 2.17. The third-order valence-electron chi connectivity index (χ3n) is 2.61. The summed E-state index contributed by atoms with van der Waals surface area (Å²) in [6.07, 6.45) is -0.683. The molecule has 0 aliphatic rings. The summed E-state index contributed by atoms with van der Waals surface area (Å²) in [5.41, 5.74) is -0.346. The molecule has 0 saturated carbocycles. The molecule has 0 fully saturated rings. The summed E-state index contributed by atoms with van der Waals surface area (Å²) < 4.78 is 6.93. The van der Waals surface area contributed by atoms with Crippen LogP contribution < -0.4 is 10.3 Å². The predicted molar refractivity (Wildman–Crippen MR) is 73.9 cm³/mol. The Kier molecular flexibility index (Phi) is 2.89. The number of carbonyl (C=O) groups excluding carboxylic acids is 1. The van der Waals surface area contributed by atoms with E-state index in [1.807, 2.05) is 12.1 Å². The second-order valence-corrected chi connectivity index (χ2v) is 4.86. The average Bonchev–Trinajstić information content (AvgIpc) is 2.78. The fourth-order valence-corrected chi connectivity index (χ4v) is 2.61. The number of fused-ring (bicyclic) bond motifs is 1. The van der Waals surface area contributed by atoms with Gasteiger partial charge in [0.15, 0.2) is 0 Å². The maximum absolute atomic E-state index is 12.0. The summed E-state index contributed by atoms with van der Waals surface area (Å²) in [5.74, 6) is 0.414. The zero-order chi connectivity index (χ0) is 13.2. The Morgan fingerprint density at radius 3 is 2.42 bits per heavy atom. The Hall–Kier alpha value is -2.40. The molecule has 3 rings (SSSR count). The maximum Gasteiger partial charge on any atom is 0.436 e. The van der Waals surface area contributed by atoms with Crippen molar-refractivity contribution in [1.82, 2.24) is 3.96 Å². The number of nitrogens with zero attached hydrogens (tertiary/aromatic N) is 1. The molecule has 0 amide bonds. The van der Waals surface area contributed by atoms with Crippen molar-refractivity contribution in [1.29, 1.82) is 0 Å². The molecule has 94 valence electrons. The van der Waals surface area contributed by atoms with E-state index in [1.165, 1.54) is 0 Å². The van der Waals surface area contributed by atoms with E-state index in [9.17, 15) is 9.59 Å². The van der Waals surface area contributed by atoms with Gasteiger partial charge in [-0.25, -0.2) is 4.79 Å². The maximum atomic E-state index is 12.0. The normalized spacial score (nSPS) is 10.5. The average molecular weight is 271 g/mol. The van der Waals surface area contributed by atoms with Gasteiger partial charge in [-0.15, -0.1) is 0 Å². The molecule has 0 atom stereocenters. The first-order chi connectivity index (χ1) is 9.25. The van der Waals surface area contributed by atoms with Gasteiger partial charge in [-0.3, -0.25) is 4.79 Å². The second kappa shape index (κ2) is 4.70. The van der Waals surface area contributed by atoms with Crippen LogP contribution in [0.5, 0.6) is 5.75 Å². The van der Waals surface area contributed by atoms with Crippen LogP contribution in [-0.2, 0) is 0 Å². The topological polar surface area (TPSA) is 48.3 Å². The van der Waals surface area contributed by atoms with Gasteiger partial charge in [0.1, 0.15) is 5.75 Å². The molecular weight excluding hydrogens is 262 g/mol. The molecule has 1 aromatic heterocycles. The fraction of sp³-hybridized carbons (Fsp3) is 0. The van der Waals surface area contributed by atoms with Gasteiger partial charge in [-0.1, -0.05) is 30.3 Å². The van der Waals surface area contributed by atoms with Crippen LogP contribution in [0.2, 0.25) is 0 Å². The Morgan fingerprint density at radius 2 is 1.68 bits per heavy atom. The molecular formula is C14H9NO3S. The van der Waals surface area contributed by atoms with Gasteiger partial charge in [0.2, 0.25) is 0 Å². The molecule has 0 aliphatic heterocycles. The van der Waals surface area contributed by atoms with Crippen LogP contribution in [0.4, 0.5) is 4.79 Å². The van der Waals surface area contributed by atoms with Crippen molar-refractivity contribution < 1.29 is 9.53 Å². The number of ether oxygens (including phenoxy) is 1. The zero-order valence-electron chi connectivity index (χ0n) is 9.78. The molecule has 0 unspecified atom stereocenters. The number of benzene rings is 2. The van der Waals surface area contributed by atoms with Crippen LogP contribution in [0.3, 0.4) is 0 Å². The Balaban J connectivity index is 1.98.